The lowest BCUT2D eigenvalue weighted by atomic mass is 9.97. The Kier molecular flexibility index (Phi) is 3.86. The molecule has 3 rings (SSSR count). The molecule has 1 aromatic carbocycles. The van der Waals surface area contributed by atoms with E-state index in [4.69, 9.17) is 11.6 Å². The van der Waals surface area contributed by atoms with Crippen molar-refractivity contribution in [3.63, 3.8) is 0 Å². The molecule has 114 valence electrons. The summed E-state index contributed by atoms with van der Waals surface area (Å²) in [5.74, 6) is 0.00835. The van der Waals surface area contributed by atoms with E-state index in [0.717, 1.165) is 0 Å². The molecule has 0 bridgehead atoms. The Morgan fingerprint density at radius 2 is 2.19 bits per heavy atom. The summed E-state index contributed by atoms with van der Waals surface area (Å²) < 4.78 is 27.3. The lowest BCUT2D eigenvalue weighted by Gasteiger charge is -2.36. The largest absolute Gasteiger partial charge is 0.507 e. The second-order valence-corrected chi connectivity index (χ2v) is 5.74. The van der Waals surface area contributed by atoms with Gasteiger partial charge >= 0.3 is 0 Å². The lowest BCUT2D eigenvalue weighted by molar-refractivity contribution is -0.0375. The van der Waals surface area contributed by atoms with Crippen LogP contribution >= 0.6 is 11.6 Å². The molecule has 2 heterocycles. The van der Waals surface area contributed by atoms with Crippen LogP contribution in [-0.4, -0.2) is 54.0 Å². The Bertz CT molecular complexity index is 581. The number of benzene rings is 1. The van der Waals surface area contributed by atoms with Crippen molar-refractivity contribution in [3.05, 3.63) is 28.8 Å². The lowest BCUT2D eigenvalue weighted by Crippen LogP contribution is -2.58. The van der Waals surface area contributed by atoms with Gasteiger partial charge in [-0.15, -0.1) is 0 Å². The van der Waals surface area contributed by atoms with Crippen LogP contribution in [0.5, 0.6) is 5.75 Å². The number of nitrogens with one attached hydrogen (secondary N) is 1. The van der Waals surface area contributed by atoms with Gasteiger partial charge in [-0.1, -0.05) is 11.6 Å². The monoisotopic (exact) mass is 315 g/mol. The highest BCUT2D eigenvalue weighted by Gasteiger charge is 2.50. The summed E-state index contributed by atoms with van der Waals surface area (Å²) in [5, 5.41) is 13.3. The SMILES string of the molecule is Oc1ccc(Cl)cc1C1=NCCN2CCNC2(C(F)F)C1. The molecule has 0 radical (unpaired) electrons. The number of fused-ring (bicyclic) bond motifs is 1. The number of halogens is 3. The Morgan fingerprint density at radius 1 is 1.38 bits per heavy atom. The first-order valence-electron chi connectivity index (χ1n) is 6.83. The maximum atomic E-state index is 13.7. The first kappa shape index (κ1) is 14.7. The standard InChI is InChI=1S/C14H16ClF2N3O/c15-9-1-2-12(21)10(7-9)11-8-14(13(16)17)19-4-6-20(14)5-3-18-11/h1-2,7,13,19,21H,3-6,8H2. The molecule has 0 aromatic heterocycles. The maximum absolute atomic E-state index is 13.7. The zero-order valence-electron chi connectivity index (χ0n) is 11.3. The summed E-state index contributed by atoms with van der Waals surface area (Å²) in [6, 6.07) is 4.58. The molecule has 0 saturated carbocycles. The van der Waals surface area contributed by atoms with Crippen LogP contribution in [0.3, 0.4) is 0 Å². The van der Waals surface area contributed by atoms with Crippen molar-refractivity contribution in [2.45, 2.75) is 18.5 Å². The summed E-state index contributed by atoms with van der Waals surface area (Å²) in [7, 11) is 0. The van der Waals surface area contributed by atoms with E-state index in [2.05, 4.69) is 10.3 Å². The van der Waals surface area contributed by atoms with Crippen LogP contribution in [0.2, 0.25) is 5.02 Å². The first-order valence-corrected chi connectivity index (χ1v) is 7.21. The molecule has 1 fully saturated rings. The molecule has 0 spiro atoms. The van der Waals surface area contributed by atoms with E-state index in [0.29, 0.717) is 42.5 Å². The van der Waals surface area contributed by atoms with Gasteiger partial charge in [-0.25, -0.2) is 8.78 Å². The predicted molar refractivity (Wildman–Crippen MR) is 77.4 cm³/mol. The van der Waals surface area contributed by atoms with Gasteiger partial charge in [-0.05, 0) is 18.2 Å². The number of phenolic OH excluding ortho intramolecular Hbond substituents is 1. The number of nitrogens with zero attached hydrogens (tertiary/aromatic N) is 2. The highest BCUT2D eigenvalue weighted by atomic mass is 35.5. The second kappa shape index (κ2) is 5.51. The van der Waals surface area contributed by atoms with E-state index in [1.807, 2.05) is 0 Å². The van der Waals surface area contributed by atoms with Crippen molar-refractivity contribution in [3.8, 4) is 5.75 Å². The molecule has 0 aliphatic carbocycles. The molecule has 7 heteroatoms. The molecular formula is C14H16ClF2N3O. The maximum Gasteiger partial charge on any atom is 0.270 e. The third-order valence-electron chi connectivity index (χ3n) is 4.12. The van der Waals surface area contributed by atoms with Gasteiger partial charge in [0.25, 0.3) is 6.43 Å². The molecular weight excluding hydrogens is 300 g/mol. The van der Waals surface area contributed by atoms with Crippen molar-refractivity contribution in [1.82, 2.24) is 10.2 Å². The van der Waals surface area contributed by atoms with Gasteiger partial charge in [0.2, 0.25) is 0 Å². The Balaban J connectivity index is 2.00. The van der Waals surface area contributed by atoms with Gasteiger partial charge in [-0.3, -0.25) is 15.2 Å². The van der Waals surface area contributed by atoms with Gasteiger partial charge in [0.1, 0.15) is 11.4 Å². The number of aromatic hydroxyl groups is 1. The predicted octanol–water partition coefficient (Wildman–Crippen LogP) is 2.10. The summed E-state index contributed by atoms with van der Waals surface area (Å²) in [6.45, 7) is 2.01. The highest BCUT2D eigenvalue weighted by molar-refractivity contribution is 6.31. The molecule has 2 aliphatic heterocycles. The van der Waals surface area contributed by atoms with E-state index in [-0.39, 0.29) is 12.2 Å². The molecule has 1 aromatic rings. The summed E-state index contributed by atoms with van der Waals surface area (Å²) in [5.41, 5.74) is -0.505. The van der Waals surface area contributed by atoms with Crippen molar-refractivity contribution in [2.24, 2.45) is 4.99 Å². The van der Waals surface area contributed by atoms with Crippen LogP contribution < -0.4 is 5.32 Å². The second-order valence-electron chi connectivity index (χ2n) is 5.31. The fraction of sp³-hybridized carbons (Fsp3) is 0.500. The molecule has 4 nitrogen and oxygen atoms in total. The van der Waals surface area contributed by atoms with Crippen molar-refractivity contribution in [2.75, 3.05) is 26.2 Å². The minimum atomic E-state index is -2.54. The van der Waals surface area contributed by atoms with Crippen LogP contribution in [0, 0.1) is 0 Å². The van der Waals surface area contributed by atoms with Crippen LogP contribution in [0.25, 0.3) is 0 Å². The topological polar surface area (TPSA) is 47.9 Å². The Hall–Kier alpha value is -1.24. The van der Waals surface area contributed by atoms with Gasteiger partial charge in [-0.2, -0.15) is 0 Å². The van der Waals surface area contributed by atoms with E-state index >= 15 is 0 Å². The normalized spacial score (nSPS) is 26.6. The summed E-state index contributed by atoms with van der Waals surface area (Å²) >= 11 is 5.95. The Labute approximate surface area is 126 Å². The first-order chi connectivity index (χ1) is 10.0. The average Bonchev–Trinajstić information content (AvgIpc) is 2.76. The summed E-state index contributed by atoms with van der Waals surface area (Å²) in [6.07, 6.45) is -2.50. The number of alkyl halides is 2. The van der Waals surface area contributed by atoms with Crippen molar-refractivity contribution in [1.29, 1.82) is 0 Å². The van der Waals surface area contributed by atoms with E-state index < -0.39 is 12.1 Å². The van der Waals surface area contributed by atoms with Gasteiger partial charge in [0.15, 0.2) is 0 Å². The number of hydrogen-bond acceptors (Lipinski definition) is 4. The minimum Gasteiger partial charge on any atom is -0.507 e. The number of hydrogen-bond donors (Lipinski definition) is 2. The molecule has 1 atom stereocenters. The van der Waals surface area contributed by atoms with Crippen LogP contribution in [-0.2, 0) is 0 Å². The summed E-state index contributed by atoms with van der Waals surface area (Å²) in [4.78, 5) is 6.13. The molecule has 1 saturated heterocycles. The minimum absolute atomic E-state index is 0.00835. The van der Waals surface area contributed by atoms with Gasteiger partial charge < -0.3 is 5.11 Å². The van der Waals surface area contributed by atoms with Gasteiger partial charge in [0.05, 0.1) is 6.54 Å². The average molecular weight is 316 g/mol. The molecule has 1 unspecified atom stereocenters. The smallest absolute Gasteiger partial charge is 0.270 e. The Morgan fingerprint density at radius 3 is 2.95 bits per heavy atom. The fourth-order valence-corrected chi connectivity index (χ4v) is 3.21. The van der Waals surface area contributed by atoms with E-state index in [1.54, 1.807) is 17.0 Å². The number of aliphatic imine (C=N–C) groups is 1. The van der Waals surface area contributed by atoms with Crippen molar-refractivity contribution < 1.29 is 13.9 Å². The highest BCUT2D eigenvalue weighted by Crippen LogP contribution is 2.34. The van der Waals surface area contributed by atoms with Crippen LogP contribution in [0.1, 0.15) is 12.0 Å². The van der Waals surface area contributed by atoms with Crippen LogP contribution in [0.15, 0.2) is 23.2 Å². The van der Waals surface area contributed by atoms with Gasteiger partial charge in [0, 0.05) is 42.4 Å². The molecule has 2 N–H and O–H groups in total. The molecule has 21 heavy (non-hydrogen) atoms. The van der Waals surface area contributed by atoms with Crippen LogP contribution in [0.4, 0.5) is 8.78 Å². The third-order valence-corrected chi connectivity index (χ3v) is 4.35. The fourth-order valence-electron chi connectivity index (χ4n) is 3.03. The zero-order chi connectivity index (χ0) is 15.0. The molecule has 2 aliphatic rings. The number of rotatable bonds is 2. The molecule has 0 amide bonds. The quantitative estimate of drug-likeness (QED) is 0.879. The van der Waals surface area contributed by atoms with E-state index in [9.17, 15) is 13.9 Å². The van der Waals surface area contributed by atoms with E-state index in [1.165, 1.54) is 6.07 Å². The van der Waals surface area contributed by atoms with Crippen molar-refractivity contribution >= 4 is 17.3 Å². The number of phenols is 1. The third kappa shape index (κ3) is 2.52. The zero-order valence-corrected chi connectivity index (χ0v) is 12.1.